The van der Waals surface area contributed by atoms with E-state index in [0.717, 1.165) is 5.56 Å². The molecule has 1 atom stereocenters. The molecule has 0 amide bonds. The van der Waals surface area contributed by atoms with Crippen LogP contribution in [0.4, 0.5) is 5.69 Å². The molecule has 2 rings (SSSR count). The van der Waals surface area contributed by atoms with Crippen LogP contribution in [0.2, 0.25) is 0 Å². The minimum Gasteiger partial charge on any atom is -0.399 e. The molecule has 1 heterocycles. The zero-order valence-electron chi connectivity index (χ0n) is 10.00. The number of anilines is 1. The Morgan fingerprint density at radius 2 is 2.29 bits per heavy atom. The average Bonchev–Trinajstić information content (AvgIpc) is 2.78. The second-order valence-electron chi connectivity index (χ2n) is 3.98. The van der Waals surface area contributed by atoms with E-state index in [1.54, 1.807) is 18.1 Å². The van der Waals surface area contributed by atoms with Crippen LogP contribution in [0.25, 0.3) is 11.4 Å². The van der Waals surface area contributed by atoms with Gasteiger partial charge in [0.2, 0.25) is 0 Å². The molecular formula is C12H16N4O. The van der Waals surface area contributed by atoms with Crippen LogP contribution >= 0.6 is 0 Å². The molecule has 1 unspecified atom stereocenters. The molecule has 0 saturated heterocycles. The van der Waals surface area contributed by atoms with Gasteiger partial charge in [0.15, 0.2) is 5.82 Å². The maximum Gasteiger partial charge on any atom is 0.181 e. The Labute approximate surface area is 100 Å². The Morgan fingerprint density at radius 1 is 1.47 bits per heavy atom. The summed E-state index contributed by atoms with van der Waals surface area (Å²) in [5.41, 5.74) is 7.36. The lowest BCUT2D eigenvalue weighted by molar-refractivity contribution is 0.157. The Morgan fingerprint density at radius 3 is 3.00 bits per heavy atom. The highest BCUT2D eigenvalue weighted by Gasteiger charge is 2.09. The molecule has 5 nitrogen and oxygen atoms in total. The van der Waals surface area contributed by atoms with Crippen molar-refractivity contribution in [2.24, 2.45) is 0 Å². The summed E-state index contributed by atoms with van der Waals surface area (Å²) in [5.74, 6) is 0.681. The van der Waals surface area contributed by atoms with Gasteiger partial charge in [-0.2, -0.15) is 5.10 Å². The van der Waals surface area contributed by atoms with E-state index < -0.39 is 0 Å². The van der Waals surface area contributed by atoms with Crippen LogP contribution in [0, 0.1) is 0 Å². The number of methoxy groups -OCH3 is 1. The van der Waals surface area contributed by atoms with Crippen molar-refractivity contribution in [1.29, 1.82) is 0 Å². The number of nitrogen functional groups attached to an aromatic ring is 1. The summed E-state index contributed by atoms with van der Waals surface area (Å²) in [6, 6.07) is 7.71. The monoisotopic (exact) mass is 232 g/mol. The van der Waals surface area contributed by atoms with Gasteiger partial charge in [-0.05, 0) is 19.1 Å². The maximum absolute atomic E-state index is 5.73. The Kier molecular flexibility index (Phi) is 3.39. The molecule has 0 spiro atoms. The van der Waals surface area contributed by atoms with Gasteiger partial charge in [0, 0.05) is 18.4 Å². The highest BCUT2D eigenvalue weighted by Crippen LogP contribution is 2.18. The van der Waals surface area contributed by atoms with Crippen molar-refractivity contribution in [2.75, 3.05) is 19.5 Å². The van der Waals surface area contributed by atoms with Gasteiger partial charge >= 0.3 is 0 Å². The van der Waals surface area contributed by atoms with Gasteiger partial charge in [-0.3, -0.25) is 0 Å². The summed E-state index contributed by atoms with van der Waals surface area (Å²) in [5, 5.41) is 4.41. The van der Waals surface area contributed by atoms with E-state index in [2.05, 4.69) is 10.1 Å². The van der Waals surface area contributed by atoms with Crippen molar-refractivity contribution in [3.63, 3.8) is 0 Å². The van der Waals surface area contributed by atoms with E-state index in [4.69, 9.17) is 10.5 Å². The first-order valence-electron chi connectivity index (χ1n) is 5.46. The molecule has 2 aromatic rings. The van der Waals surface area contributed by atoms with Crippen molar-refractivity contribution in [1.82, 2.24) is 14.8 Å². The number of ether oxygens (including phenoxy) is 1. The van der Waals surface area contributed by atoms with Crippen LogP contribution in [0.5, 0.6) is 0 Å². The van der Waals surface area contributed by atoms with Crippen LogP contribution in [-0.4, -0.2) is 28.5 Å². The third-order valence-corrected chi connectivity index (χ3v) is 2.51. The van der Waals surface area contributed by atoms with Crippen LogP contribution in [0.15, 0.2) is 30.6 Å². The summed E-state index contributed by atoms with van der Waals surface area (Å²) < 4.78 is 6.88. The summed E-state index contributed by atoms with van der Waals surface area (Å²) >= 11 is 0. The van der Waals surface area contributed by atoms with Crippen molar-refractivity contribution >= 4 is 5.69 Å². The third-order valence-electron chi connectivity index (χ3n) is 2.51. The van der Waals surface area contributed by atoms with E-state index in [1.807, 2.05) is 31.2 Å². The second kappa shape index (κ2) is 4.97. The minimum absolute atomic E-state index is 0.169. The number of hydrogen-bond donors (Lipinski definition) is 1. The number of rotatable bonds is 4. The summed E-state index contributed by atoms with van der Waals surface area (Å²) in [6.45, 7) is 2.64. The van der Waals surface area contributed by atoms with Gasteiger partial charge in [0.05, 0.1) is 12.6 Å². The zero-order valence-corrected chi connectivity index (χ0v) is 10.00. The zero-order chi connectivity index (χ0) is 12.3. The lowest BCUT2D eigenvalue weighted by atomic mass is 10.2. The van der Waals surface area contributed by atoms with Gasteiger partial charge in [0.1, 0.15) is 6.33 Å². The Bertz CT molecular complexity index is 495. The second-order valence-corrected chi connectivity index (χ2v) is 3.98. The van der Waals surface area contributed by atoms with Gasteiger partial charge in [-0.1, -0.05) is 12.1 Å². The quantitative estimate of drug-likeness (QED) is 0.815. The third kappa shape index (κ3) is 2.62. The number of hydrogen-bond acceptors (Lipinski definition) is 4. The molecule has 0 bridgehead atoms. The van der Waals surface area contributed by atoms with E-state index in [-0.39, 0.29) is 6.04 Å². The molecule has 0 radical (unpaired) electrons. The van der Waals surface area contributed by atoms with Gasteiger partial charge in [0.25, 0.3) is 0 Å². The van der Waals surface area contributed by atoms with E-state index >= 15 is 0 Å². The lowest BCUT2D eigenvalue weighted by Gasteiger charge is -2.08. The van der Waals surface area contributed by atoms with Crippen LogP contribution in [0.1, 0.15) is 13.0 Å². The fourth-order valence-corrected chi connectivity index (χ4v) is 1.61. The minimum atomic E-state index is 0.169. The fourth-order valence-electron chi connectivity index (χ4n) is 1.61. The predicted molar refractivity (Wildman–Crippen MR) is 66.5 cm³/mol. The first-order chi connectivity index (χ1) is 8.20. The van der Waals surface area contributed by atoms with E-state index in [9.17, 15) is 0 Å². The van der Waals surface area contributed by atoms with E-state index in [1.165, 1.54) is 0 Å². The molecule has 0 fully saturated rings. The van der Waals surface area contributed by atoms with Gasteiger partial charge in [-0.25, -0.2) is 9.67 Å². The standard InChI is InChI=1S/C12H16N4O/c1-9(7-17-2)16-8-14-12(15-16)10-4-3-5-11(13)6-10/h3-6,8-9H,7,13H2,1-2H3. The van der Waals surface area contributed by atoms with E-state index in [0.29, 0.717) is 18.1 Å². The maximum atomic E-state index is 5.73. The van der Waals surface area contributed by atoms with Crippen molar-refractivity contribution < 1.29 is 4.74 Å². The first-order valence-corrected chi connectivity index (χ1v) is 5.46. The van der Waals surface area contributed by atoms with Crippen molar-refractivity contribution in [3.8, 4) is 11.4 Å². The molecule has 1 aromatic carbocycles. The predicted octanol–water partition coefficient (Wildman–Crippen LogP) is 1.73. The van der Waals surface area contributed by atoms with Crippen molar-refractivity contribution in [3.05, 3.63) is 30.6 Å². The molecule has 0 saturated carbocycles. The Balaban J connectivity index is 2.23. The van der Waals surface area contributed by atoms with Crippen LogP contribution in [-0.2, 0) is 4.74 Å². The average molecular weight is 232 g/mol. The molecule has 0 aliphatic heterocycles. The lowest BCUT2D eigenvalue weighted by Crippen LogP contribution is -2.11. The molecule has 0 aliphatic carbocycles. The topological polar surface area (TPSA) is 66.0 Å². The first kappa shape index (κ1) is 11.6. The normalized spacial score (nSPS) is 12.6. The summed E-state index contributed by atoms with van der Waals surface area (Å²) in [6.07, 6.45) is 1.71. The van der Waals surface area contributed by atoms with Gasteiger partial charge in [-0.15, -0.1) is 0 Å². The molecule has 2 N–H and O–H groups in total. The summed E-state index contributed by atoms with van der Waals surface area (Å²) in [7, 11) is 1.67. The highest BCUT2D eigenvalue weighted by atomic mass is 16.5. The molecule has 1 aromatic heterocycles. The number of benzene rings is 1. The molecule has 90 valence electrons. The highest BCUT2D eigenvalue weighted by molar-refractivity contribution is 5.60. The smallest absolute Gasteiger partial charge is 0.181 e. The molecule has 5 heteroatoms. The number of nitrogens with two attached hydrogens (primary N) is 1. The van der Waals surface area contributed by atoms with Crippen LogP contribution < -0.4 is 5.73 Å². The van der Waals surface area contributed by atoms with Crippen molar-refractivity contribution in [2.45, 2.75) is 13.0 Å². The Hall–Kier alpha value is -1.88. The number of aromatic nitrogens is 3. The molecule has 0 aliphatic rings. The molecule has 17 heavy (non-hydrogen) atoms. The fraction of sp³-hybridized carbons (Fsp3) is 0.333. The SMILES string of the molecule is COCC(C)n1cnc(-c2cccc(N)c2)n1. The molecular weight excluding hydrogens is 216 g/mol. The number of nitrogens with zero attached hydrogens (tertiary/aromatic N) is 3. The van der Waals surface area contributed by atoms with Gasteiger partial charge < -0.3 is 10.5 Å². The van der Waals surface area contributed by atoms with Crippen LogP contribution in [0.3, 0.4) is 0 Å². The summed E-state index contributed by atoms with van der Waals surface area (Å²) in [4.78, 5) is 4.27. The largest absolute Gasteiger partial charge is 0.399 e.